The highest BCUT2D eigenvalue weighted by Crippen LogP contribution is 2.29. The van der Waals surface area contributed by atoms with E-state index in [0.717, 1.165) is 12.4 Å². The first-order chi connectivity index (χ1) is 5.29. The quantitative estimate of drug-likeness (QED) is 0.587. The highest BCUT2D eigenvalue weighted by molar-refractivity contribution is 7.99. The molecule has 0 aromatic rings. The third-order valence-electron chi connectivity index (χ3n) is 1.95. The van der Waals surface area contributed by atoms with Crippen LogP contribution in [0.15, 0.2) is 0 Å². The maximum Gasteiger partial charge on any atom is 0.408 e. The van der Waals surface area contributed by atoms with E-state index in [1.807, 2.05) is 0 Å². The summed E-state index contributed by atoms with van der Waals surface area (Å²) >= 11 is 1.65. The van der Waals surface area contributed by atoms with Gasteiger partial charge in [0.25, 0.3) is 0 Å². The second-order valence-corrected chi connectivity index (χ2v) is 3.69. The van der Waals surface area contributed by atoms with Gasteiger partial charge in [0, 0.05) is 5.75 Å². The number of ether oxygens (including phenoxy) is 1. The fourth-order valence-electron chi connectivity index (χ4n) is 1.24. The summed E-state index contributed by atoms with van der Waals surface area (Å²) in [7, 11) is 0. The summed E-state index contributed by atoms with van der Waals surface area (Å²) in [4.78, 5) is 12.1. The van der Waals surface area contributed by atoms with Gasteiger partial charge < -0.3 is 9.84 Å². The van der Waals surface area contributed by atoms with Crippen molar-refractivity contribution >= 4 is 17.9 Å². The van der Waals surface area contributed by atoms with Crippen molar-refractivity contribution in [1.29, 1.82) is 0 Å². The van der Waals surface area contributed by atoms with Crippen LogP contribution < -0.4 is 0 Å². The minimum atomic E-state index is -0.824. The van der Waals surface area contributed by atoms with Crippen LogP contribution in [0.5, 0.6) is 0 Å². The van der Waals surface area contributed by atoms with Crippen molar-refractivity contribution in [3.8, 4) is 0 Å². The SMILES string of the molecule is O=C(O)N1CSCC1C1CO1. The zero-order valence-electron chi connectivity index (χ0n) is 5.90. The Hall–Kier alpha value is -0.420. The second-order valence-electron chi connectivity index (χ2n) is 2.69. The number of epoxide rings is 1. The molecule has 0 bridgehead atoms. The van der Waals surface area contributed by atoms with Crippen LogP contribution in [0.2, 0.25) is 0 Å². The van der Waals surface area contributed by atoms with E-state index >= 15 is 0 Å². The van der Waals surface area contributed by atoms with Gasteiger partial charge in [-0.05, 0) is 0 Å². The van der Waals surface area contributed by atoms with E-state index < -0.39 is 6.09 Å². The lowest BCUT2D eigenvalue weighted by Crippen LogP contribution is -2.39. The van der Waals surface area contributed by atoms with E-state index in [2.05, 4.69) is 0 Å². The summed E-state index contributed by atoms with van der Waals surface area (Å²) in [6.07, 6.45) is -0.642. The Balaban J connectivity index is 2.01. The Morgan fingerprint density at radius 3 is 3.00 bits per heavy atom. The predicted octanol–water partition coefficient (Wildman–Crippen LogP) is 0.438. The minimum Gasteiger partial charge on any atom is -0.465 e. The first kappa shape index (κ1) is 7.24. The molecule has 0 saturated carbocycles. The average Bonchev–Trinajstić information content (AvgIpc) is 2.68. The number of hydrogen-bond acceptors (Lipinski definition) is 3. The van der Waals surface area contributed by atoms with E-state index in [-0.39, 0.29) is 12.1 Å². The summed E-state index contributed by atoms with van der Waals surface area (Å²) < 4.78 is 5.05. The molecule has 0 radical (unpaired) electrons. The molecule has 11 heavy (non-hydrogen) atoms. The predicted molar refractivity (Wildman–Crippen MR) is 40.7 cm³/mol. The van der Waals surface area contributed by atoms with Crippen LogP contribution in [0, 0.1) is 0 Å². The molecule has 2 fully saturated rings. The highest BCUT2D eigenvalue weighted by atomic mass is 32.2. The lowest BCUT2D eigenvalue weighted by Gasteiger charge is -2.17. The molecule has 0 spiro atoms. The van der Waals surface area contributed by atoms with Crippen LogP contribution in [0.4, 0.5) is 4.79 Å². The molecule has 0 aliphatic carbocycles. The Bertz CT molecular complexity index is 183. The van der Waals surface area contributed by atoms with Crippen molar-refractivity contribution in [3.05, 3.63) is 0 Å². The van der Waals surface area contributed by atoms with Crippen LogP contribution in [0.25, 0.3) is 0 Å². The van der Waals surface area contributed by atoms with E-state index in [4.69, 9.17) is 9.84 Å². The lowest BCUT2D eigenvalue weighted by molar-refractivity contribution is 0.135. The van der Waals surface area contributed by atoms with E-state index in [9.17, 15) is 4.79 Å². The molecule has 2 heterocycles. The summed E-state index contributed by atoms with van der Waals surface area (Å²) in [6, 6.07) is 0.109. The Morgan fingerprint density at radius 1 is 1.73 bits per heavy atom. The van der Waals surface area contributed by atoms with Gasteiger partial charge in [0.1, 0.15) is 6.10 Å². The van der Waals surface area contributed by atoms with Crippen molar-refractivity contribution in [1.82, 2.24) is 4.90 Å². The third-order valence-corrected chi connectivity index (χ3v) is 2.99. The third kappa shape index (κ3) is 1.30. The van der Waals surface area contributed by atoms with Crippen LogP contribution in [0.3, 0.4) is 0 Å². The molecule has 0 aromatic heterocycles. The van der Waals surface area contributed by atoms with E-state index in [1.165, 1.54) is 4.90 Å². The lowest BCUT2D eigenvalue weighted by atomic mass is 10.2. The second kappa shape index (κ2) is 2.57. The van der Waals surface area contributed by atoms with Gasteiger partial charge in [0.15, 0.2) is 0 Å². The van der Waals surface area contributed by atoms with Crippen molar-refractivity contribution in [2.45, 2.75) is 12.1 Å². The fourth-order valence-corrected chi connectivity index (χ4v) is 2.48. The van der Waals surface area contributed by atoms with Crippen LogP contribution in [0.1, 0.15) is 0 Å². The molecular formula is C6H9NO3S. The molecule has 2 rings (SSSR count). The Kier molecular flexibility index (Phi) is 1.69. The smallest absolute Gasteiger partial charge is 0.408 e. The van der Waals surface area contributed by atoms with Crippen molar-refractivity contribution in [2.75, 3.05) is 18.2 Å². The number of rotatable bonds is 1. The largest absolute Gasteiger partial charge is 0.465 e. The van der Waals surface area contributed by atoms with Crippen LogP contribution >= 0.6 is 11.8 Å². The molecule has 2 saturated heterocycles. The Labute approximate surface area is 68.5 Å². The molecule has 1 amide bonds. The first-order valence-corrected chi connectivity index (χ1v) is 4.63. The maximum absolute atomic E-state index is 10.6. The average molecular weight is 175 g/mol. The first-order valence-electron chi connectivity index (χ1n) is 3.48. The van der Waals surface area contributed by atoms with Crippen LogP contribution in [-0.2, 0) is 4.74 Å². The zero-order valence-corrected chi connectivity index (χ0v) is 6.71. The van der Waals surface area contributed by atoms with Gasteiger partial charge in [-0.1, -0.05) is 0 Å². The number of amides is 1. The molecule has 1 N–H and O–H groups in total. The topological polar surface area (TPSA) is 53.1 Å². The fraction of sp³-hybridized carbons (Fsp3) is 0.833. The van der Waals surface area contributed by atoms with Crippen molar-refractivity contribution in [2.24, 2.45) is 0 Å². The Morgan fingerprint density at radius 2 is 2.45 bits per heavy atom. The summed E-state index contributed by atoms with van der Waals surface area (Å²) in [5, 5.41) is 8.72. The van der Waals surface area contributed by atoms with Gasteiger partial charge in [-0.2, -0.15) is 0 Å². The standard InChI is InChI=1S/C6H9NO3S/c8-6(9)7-3-11-2-4(7)5-1-10-5/h4-5H,1-3H2,(H,8,9). The number of nitrogens with zero attached hydrogens (tertiary/aromatic N) is 1. The van der Waals surface area contributed by atoms with E-state index in [1.54, 1.807) is 11.8 Å². The molecule has 2 aliphatic rings. The van der Waals surface area contributed by atoms with Crippen molar-refractivity contribution < 1.29 is 14.6 Å². The molecule has 4 nitrogen and oxygen atoms in total. The van der Waals surface area contributed by atoms with Gasteiger partial charge in [0.05, 0.1) is 18.5 Å². The molecule has 2 aliphatic heterocycles. The number of thioether (sulfide) groups is 1. The molecule has 2 atom stereocenters. The summed E-state index contributed by atoms with van der Waals surface area (Å²) in [5.41, 5.74) is 0. The molecule has 0 aromatic carbocycles. The number of carbonyl (C=O) groups is 1. The van der Waals surface area contributed by atoms with Gasteiger partial charge in [0.2, 0.25) is 0 Å². The minimum absolute atomic E-state index is 0.109. The van der Waals surface area contributed by atoms with E-state index in [0.29, 0.717) is 5.88 Å². The van der Waals surface area contributed by atoms with Crippen LogP contribution in [-0.4, -0.2) is 46.5 Å². The molecule has 62 valence electrons. The van der Waals surface area contributed by atoms with Gasteiger partial charge in [-0.3, -0.25) is 4.90 Å². The maximum atomic E-state index is 10.6. The zero-order chi connectivity index (χ0) is 7.84. The molecule has 5 heteroatoms. The normalized spacial score (nSPS) is 35.8. The van der Waals surface area contributed by atoms with Gasteiger partial charge in [-0.25, -0.2) is 4.79 Å². The molecule has 2 unspecified atom stereocenters. The number of hydrogen-bond donors (Lipinski definition) is 1. The van der Waals surface area contributed by atoms with Gasteiger partial charge in [-0.15, -0.1) is 11.8 Å². The van der Waals surface area contributed by atoms with Gasteiger partial charge >= 0.3 is 6.09 Å². The summed E-state index contributed by atoms with van der Waals surface area (Å²) in [6.45, 7) is 0.731. The number of carboxylic acid groups (broad SMARTS) is 1. The monoisotopic (exact) mass is 175 g/mol. The van der Waals surface area contributed by atoms with Crippen molar-refractivity contribution in [3.63, 3.8) is 0 Å². The highest BCUT2D eigenvalue weighted by Gasteiger charge is 2.41. The molecular weight excluding hydrogens is 166 g/mol. The summed E-state index contributed by atoms with van der Waals surface area (Å²) in [5.74, 6) is 1.48.